The number of aromatic nitrogens is 1. The molecule has 0 fully saturated rings. The number of rotatable bonds is 2. The van der Waals surface area contributed by atoms with Crippen molar-refractivity contribution in [3.63, 3.8) is 0 Å². The molecule has 6 heteroatoms. The lowest BCUT2D eigenvalue weighted by atomic mass is 10.2. The number of carbonyl (C=O) groups excluding carboxylic acids is 1. The number of hydrogen-bond donors (Lipinski definition) is 1. The zero-order valence-electron chi connectivity index (χ0n) is 9.30. The molecule has 2 rings (SSSR count). The summed E-state index contributed by atoms with van der Waals surface area (Å²) < 4.78 is 6.64. The third kappa shape index (κ3) is 2.14. The fraction of sp³-hybridized carbons (Fsp3) is 0.273. The molecule has 0 saturated heterocycles. The number of fused-ring (bicyclic) bond motifs is 1. The number of aromatic amines is 1. The molecule has 0 aliphatic carbocycles. The molecule has 0 aliphatic rings. The van der Waals surface area contributed by atoms with Gasteiger partial charge in [-0.3, -0.25) is 4.79 Å². The lowest BCUT2D eigenvalue weighted by Gasteiger charge is -2.00. The van der Waals surface area contributed by atoms with E-state index in [9.17, 15) is 9.59 Å². The van der Waals surface area contributed by atoms with Gasteiger partial charge in [-0.1, -0.05) is 0 Å². The van der Waals surface area contributed by atoms with E-state index in [4.69, 9.17) is 4.74 Å². The van der Waals surface area contributed by atoms with Gasteiger partial charge >= 0.3 is 5.97 Å². The Hall–Kier alpha value is -1.14. The van der Waals surface area contributed by atoms with Gasteiger partial charge in [0.15, 0.2) is 0 Å². The zero-order chi connectivity index (χ0) is 12.6. The van der Waals surface area contributed by atoms with Crippen LogP contribution in [-0.2, 0) is 4.74 Å². The minimum Gasteiger partial charge on any atom is -0.462 e. The van der Waals surface area contributed by atoms with Crippen molar-refractivity contribution in [1.29, 1.82) is 0 Å². The molecule has 1 N–H and O–H groups in total. The number of halogens is 1. The number of hydrogen-bond acceptors (Lipinski definition) is 4. The minimum absolute atomic E-state index is 0.0492. The number of aryl methyl sites for hydroxylation is 1. The number of ether oxygens (including phenoxy) is 1. The number of nitrogens with one attached hydrogen (secondary N) is 1. The normalized spacial score (nSPS) is 10.8. The average Bonchev–Trinajstić information content (AvgIpc) is 2.55. The molecule has 2 aromatic heterocycles. The van der Waals surface area contributed by atoms with Gasteiger partial charge in [-0.25, -0.2) is 4.79 Å². The molecule has 2 aromatic rings. The van der Waals surface area contributed by atoms with Gasteiger partial charge in [0.25, 0.3) is 5.56 Å². The Morgan fingerprint density at radius 2 is 2.29 bits per heavy atom. The molecule has 90 valence electrons. The molecule has 0 radical (unpaired) electrons. The topological polar surface area (TPSA) is 59.2 Å². The van der Waals surface area contributed by atoms with Crippen molar-refractivity contribution in [3.8, 4) is 0 Å². The van der Waals surface area contributed by atoms with Crippen molar-refractivity contribution in [2.45, 2.75) is 13.8 Å². The maximum atomic E-state index is 11.7. The maximum Gasteiger partial charge on any atom is 0.343 e. The molecule has 0 unspecified atom stereocenters. The average molecular weight is 316 g/mol. The molecule has 2 heterocycles. The van der Waals surface area contributed by atoms with E-state index >= 15 is 0 Å². The van der Waals surface area contributed by atoms with Crippen LogP contribution in [-0.4, -0.2) is 17.6 Å². The van der Waals surface area contributed by atoms with E-state index in [0.29, 0.717) is 0 Å². The fourth-order valence-electron chi connectivity index (χ4n) is 1.50. The quantitative estimate of drug-likeness (QED) is 0.867. The van der Waals surface area contributed by atoms with E-state index in [1.807, 2.05) is 6.92 Å². The number of thiophene rings is 1. The van der Waals surface area contributed by atoms with Crippen molar-refractivity contribution in [2.24, 2.45) is 0 Å². The first-order valence-electron chi connectivity index (χ1n) is 5.03. The molecule has 0 spiro atoms. The van der Waals surface area contributed by atoms with Gasteiger partial charge in [0.2, 0.25) is 0 Å². The summed E-state index contributed by atoms with van der Waals surface area (Å²) in [5.41, 5.74) is 1.37. The van der Waals surface area contributed by atoms with Gasteiger partial charge in [-0.05, 0) is 41.4 Å². The first-order chi connectivity index (χ1) is 8.04. The first-order valence-corrected chi connectivity index (χ1v) is 6.64. The molecule has 4 nitrogen and oxygen atoms in total. The summed E-state index contributed by atoms with van der Waals surface area (Å²) in [5.74, 6) is -0.585. The van der Waals surface area contributed by atoms with Crippen molar-refractivity contribution in [2.75, 3.05) is 6.61 Å². The number of pyridine rings is 1. The van der Waals surface area contributed by atoms with Gasteiger partial charge in [-0.15, -0.1) is 11.3 Å². The summed E-state index contributed by atoms with van der Waals surface area (Å²) >= 11 is 4.88. The third-order valence-electron chi connectivity index (χ3n) is 2.37. The Balaban J connectivity index is 2.64. The fourth-order valence-corrected chi connectivity index (χ4v) is 3.15. The Bertz CT molecular complexity index is 644. The van der Waals surface area contributed by atoms with Gasteiger partial charge in [0.05, 0.1) is 20.6 Å². The van der Waals surface area contributed by atoms with Crippen LogP contribution < -0.4 is 5.56 Å². The predicted octanol–water partition coefficient (Wildman–Crippen LogP) is 2.84. The van der Waals surface area contributed by atoms with Crippen molar-refractivity contribution >= 4 is 43.5 Å². The lowest BCUT2D eigenvalue weighted by molar-refractivity contribution is 0.0524. The minimum atomic E-state index is -0.585. The van der Waals surface area contributed by atoms with Crippen molar-refractivity contribution in [3.05, 3.63) is 31.3 Å². The molecule has 0 saturated carbocycles. The molecular weight excluding hydrogens is 306 g/mol. The van der Waals surface area contributed by atoms with Crippen LogP contribution in [0.25, 0.3) is 10.2 Å². The highest BCUT2D eigenvalue weighted by molar-refractivity contribution is 9.11. The lowest BCUT2D eigenvalue weighted by Crippen LogP contribution is -2.19. The molecule has 0 aromatic carbocycles. The summed E-state index contributed by atoms with van der Waals surface area (Å²) in [6, 6.07) is 1.58. The van der Waals surface area contributed by atoms with E-state index < -0.39 is 11.5 Å². The molecule has 17 heavy (non-hydrogen) atoms. The second-order valence-corrected chi connectivity index (χ2v) is 5.84. The molecule has 0 amide bonds. The van der Waals surface area contributed by atoms with E-state index in [2.05, 4.69) is 20.9 Å². The number of esters is 1. The standard InChI is InChI=1S/C11H10BrNO3S/c1-3-16-11(15)6-4-7-8(13-10(6)14)5(2)9(12)17-7/h4H,3H2,1-2H3,(H,13,14). The monoisotopic (exact) mass is 315 g/mol. The van der Waals surface area contributed by atoms with E-state index in [0.717, 1.165) is 19.6 Å². The molecule has 0 atom stereocenters. The van der Waals surface area contributed by atoms with Crippen LogP contribution >= 0.6 is 27.3 Å². The van der Waals surface area contributed by atoms with Crippen molar-refractivity contribution in [1.82, 2.24) is 4.98 Å². The van der Waals surface area contributed by atoms with Gasteiger partial charge in [0.1, 0.15) is 5.56 Å². The van der Waals surface area contributed by atoms with Crippen molar-refractivity contribution < 1.29 is 9.53 Å². The summed E-state index contributed by atoms with van der Waals surface area (Å²) in [6.45, 7) is 3.86. The highest BCUT2D eigenvalue weighted by Gasteiger charge is 2.15. The third-order valence-corrected chi connectivity index (χ3v) is 4.48. The van der Waals surface area contributed by atoms with E-state index in [-0.39, 0.29) is 12.2 Å². The largest absolute Gasteiger partial charge is 0.462 e. The summed E-state index contributed by atoms with van der Waals surface area (Å²) in [7, 11) is 0. The van der Waals surface area contributed by atoms with Gasteiger partial charge < -0.3 is 9.72 Å². The predicted molar refractivity (Wildman–Crippen MR) is 70.8 cm³/mol. The van der Waals surface area contributed by atoms with Crippen LogP contribution in [0.15, 0.2) is 14.6 Å². The van der Waals surface area contributed by atoms with Crippen LogP contribution in [0.1, 0.15) is 22.8 Å². The number of H-pyrrole nitrogens is 1. The summed E-state index contributed by atoms with van der Waals surface area (Å²) in [5, 5.41) is 0. The Morgan fingerprint density at radius 3 is 2.94 bits per heavy atom. The highest BCUT2D eigenvalue weighted by Crippen LogP contribution is 2.33. The van der Waals surface area contributed by atoms with Crippen LogP contribution in [0.4, 0.5) is 0 Å². The van der Waals surface area contributed by atoms with Crippen LogP contribution in [0.2, 0.25) is 0 Å². The second kappa shape index (κ2) is 4.62. The van der Waals surface area contributed by atoms with Crippen LogP contribution in [0.3, 0.4) is 0 Å². The first kappa shape index (κ1) is 12.3. The Labute approximate surface area is 110 Å². The Morgan fingerprint density at radius 1 is 1.59 bits per heavy atom. The molecule has 0 bridgehead atoms. The van der Waals surface area contributed by atoms with E-state index in [1.165, 1.54) is 11.3 Å². The zero-order valence-corrected chi connectivity index (χ0v) is 11.7. The SMILES string of the molecule is CCOC(=O)c1cc2sc(Br)c(C)c2[nH]c1=O. The van der Waals surface area contributed by atoms with Crippen LogP contribution in [0.5, 0.6) is 0 Å². The summed E-state index contributed by atoms with van der Waals surface area (Å²) in [6.07, 6.45) is 0. The smallest absolute Gasteiger partial charge is 0.343 e. The summed E-state index contributed by atoms with van der Waals surface area (Å²) in [4.78, 5) is 26.0. The number of carbonyl (C=O) groups is 1. The Kier molecular flexibility index (Phi) is 3.35. The van der Waals surface area contributed by atoms with Gasteiger partial charge in [-0.2, -0.15) is 0 Å². The maximum absolute atomic E-state index is 11.7. The van der Waals surface area contributed by atoms with Gasteiger partial charge in [0, 0.05) is 0 Å². The molecular formula is C11H10BrNO3S. The van der Waals surface area contributed by atoms with E-state index in [1.54, 1.807) is 13.0 Å². The molecule has 0 aliphatic heterocycles. The second-order valence-electron chi connectivity index (χ2n) is 3.47. The highest BCUT2D eigenvalue weighted by atomic mass is 79.9. The van der Waals surface area contributed by atoms with Crippen LogP contribution in [0, 0.1) is 6.92 Å².